The summed E-state index contributed by atoms with van der Waals surface area (Å²) >= 11 is 0. The molecule has 0 aliphatic carbocycles. The molecule has 0 fully saturated rings. The predicted octanol–water partition coefficient (Wildman–Crippen LogP) is 6.08. The van der Waals surface area contributed by atoms with Crippen molar-refractivity contribution in [1.82, 2.24) is 0 Å². The highest BCUT2D eigenvalue weighted by molar-refractivity contribution is 5.45. The highest BCUT2D eigenvalue weighted by Crippen LogP contribution is 2.12. The van der Waals surface area contributed by atoms with E-state index in [4.69, 9.17) is 0 Å². The van der Waals surface area contributed by atoms with Crippen molar-refractivity contribution in [3.05, 3.63) is 47.6 Å². The lowest BCUT2D eigenvalue weighted by Gasteiger charge is -2.00. The van der Waals surface area contributed by atoms with Gasteiger partial charge < -0.3 is 0 Å². The molecule has 0 atom stereocenters. The van der Waals surface area contributed by atoms with E-state index in [9.17, 15) is 0 Å². The van der Waals surface area contributed by atoms with Crippen molar-refractivity contribution >= 4 is 0 Å². The molecule has 0 heteroatoms. The molecule has 0 aromatic rings. The fraction of sp³-hybridized carbons (Fsp3) is 0.500. The van der Waals surface area contributed by atoms with Crippen molar-refractivity contribution in [1.29, 1.82) is 0 Å². The summed E-state index contributed by atoms with van der Waals surface area (Å²) in [4.78, 5) is 0. The van der Waals surface area contributed by atoms with Gasteiger partial charge in [0.15, 0.2) is 0 Å². The minimum Gasteiger partial charge on any atom is -0.0871 e. The molecule has 0 radical (unpaired) electrons. The van der Waals surface area contributed by atoms with Crippen molar-refractivity contribution in [3.63, 3.8) is 0 Å². The van der Waals surface area contributed by atoms with Crippen LogP contribution >= 0.6 is 0 Å². The van der Waals surface area contributed by atoms with Gasteiger partial charge in [0.2, 0.25) is 0 Å². The van der Waals surface area contributed by atoms with Crippen molar-refractivity contribution in [2.75, 3.05) is 0 Å². The minimum absolute atomic E-state index is 1.28. The summed E-state index contributed by atoms with van der Waals surface area (Å²) in [5, 5.41) is 0. The Bertz CT molecular complexity index is 198. The van der Waals surface area contributed by atoms with Crippen LogP contribution in [0.5, 0.6) is 0 Å². The van der Waals surface area contributed by atoms with Crippen molar-refractivity contribution in [2.24, 2.45) is 0 Å². The van der Waals surface area contributed by atoms with Crippen LogP contribution in [0, 0.1) is 0 Å². The first-order valence-electron chi connectivity index (χ1n) is 6.38. The average Bonchev–Trinajstić information content (AvgIpc) is 2.38. The zero-order valence-electron chi connectivity index (χ0n) is 12.5. The standard InChI is InChI=1S/C12H18.2C2H6/c1-5-9-11(7-3)12(8-4)10-6-2;2*1-2/h5-10H,1-4H3;2*1-2H3/b9-5-,10-6-,11-7+,12-8+;;. The molecule has 0 aromatic carbocycles. The Morgan fingerprint density at radius 3 is 0.938 bits per heavy atom. The average molecular weight is 222 g/mol. The normalized spacial score (nSPS) is 12.0. The smallest absolute Gasteiger partial charge is 0.0233 e. The van der Waals surface area contributed by atoms with Crippen LogP contribution in [-0.4, -0.2) is 0 Å². The summed E-state index contributed by atoms with van der Waals surface area (Å²) in [6, 6.07) is 0. The molecule has 0 heterocycles. The fourth-order valence-corrected chi connectivity index (χ4v) is 1.08. The van der Waals surface area contributed by atoms with Crippen LogP contribution < -0.4 is 0 Å². The van der Waals surface area contributed by atoms with Gasteiger partial charge in [0.1, 0.15) is 0 Å². The van der Waals surface area contributed by atoms with E-state index in [0.29, 0.717) is 0 Å². The lowest BCUT2D eigenvalue weighted by Crippen LogP contribution is -1.81. The maximum absolute atomic E-state index is 2.12. The lowest BCUT2D eigenvalue weighted by molar-refractivity contribution is 1.45. The summed E-state index contributed by atoms with van der Waals surface area (Å²) in [5.74, 6) is 0. The third-order valence-electron chi connectivity index (χ3n) is 1.65. The number of hydrogen-bond donors (Lipinski definition) is 0. The van der Waals surface area contributed by atoms with Gasteiger partial charge in [-0.05, 0) is 38.8 Å². The van der Waals surface area contributed by atoms with Crippen LogP contribution in [0.4, 0.5) is 0 Å². The summed E-state index contributed by atoms with van der Waals surface area (Å²) in [6.45, 7) is 16.2. The second-order valence-electron chi connectivity index (χ2n) is 2.49. The Morgan fingerprint density at radius 2 is 0.812 bits per heavy atom. The minimum atomic E-state index is 1.28. The molecule has 0 aromatic heterocycles. The predicted molar refractivity (Wildman–Crippen MR) is 79.8 cm³/mol. The second-order valence-corrected chi connectivity index (χ2v) is 2.49. The van der Waals surface area contributed by atoms with Crippen molar-refractivity contribution in [2.45, 2.75) is 55.4 Å². The van der Waals surface area contributed by atoms with Crippen LogP contribution in [0.3, 0.4) is 0 Å². The Hall–Kier alpha value is -1.04. The van der Waals surface area contributed by atoms with E-state index in [1.807, 2.05) is 41.5 Å². The van der Waals surface area contributed by atoms with Gasteiger partial charge in [-0.15, -0.1) is 0 Å². The molecule has 0 aliphatic heterocycles. The molecule has 0 spiro atoms. The fourth-order valence-electron chi connectivity index (χ4n) is 1.08. The van der Waals surface area contributed by atoms with Crippen LogP contribution in [0.25, 0.3) is 0 Å². The molecule has 0 saturated carbocycles. The molecule has 0 saturated heterocycles. The van der Waals surface area contributed by atoms with Gasteiger partial charge >= 0.3 is 0 Å². The summed E-state index contributed by atoms with van der Waals surface area (Å²) < 4.78 is 0. The summed E-state index contributed by atoms with van der Waals surface area (Å²) in [7, 11) is 0. The Morgan fingerprint density at radius 1 is 0.562 bits per heavy atom. The zero-order valence-corrected chi connectivity index (χ0v) is 12.5. The Balaban J connectivity index is -0.000000376. The summed E-state index contributed by atoms with van der Waals surface area (Å²) in [6.07, 6.45) is 12.6. The molecule has 0 aliphatic rings. The lowest BCUT2D eigenvalue weighted by atomic mass is 10.0. The van der Waals surface area contributed by atoms with E-state index < -0.39 is 0 Å². The molecular formula is C16H30. The van der Waals surface area contributed by atoms with Crippen LogP contribution in [0.2, 0.25) is 0 Å². The number of hydrogen-bond acceptors (Lipinski definition) is 0. The van der Waals surface area contributed by atoms with Gasteiger partial charge in [-0.2, -0.15) is 0 Å². The highest BCUT2D eigenvalue weighted by atomic mass is 14.0. The first-order chi connectivity index (χ1) is 7.79. The third-order valence-corrected chi connectivity index (χ3v) is 1.65. The number of rotatable bonds is 3. The molecule has 0 unspecified atom stereocenters. The highest BCUT2D eigenvalue weighted by Gasteiger charge is 1.93. The van der Waals surface area contributed by atoms with E-state index >= 15 is 0 Å². The molecule has 16 heavy (non-hydrogen) atoms. The Kier molecular flexibility index (Phi) is 24.9. The van der Waals surface area contributed by atoms with E-state index in [2.05, 4.69) is 50.3 Å². The number of allylic oxidation sites excluding steroid dienone is 8. The molecular weight excluding hydrogens is 192 g/mol. The van der Waals surface area contributed by atoms with Gasteiger partial charge in [-0.3, -0.25) is 0 Å². The van der Waals surface area contributed by atoms with E-state index in [-0.39, 0.29) is 0 Å². The maximum Gasteiger partial charge on any atom is -0.0233 e. The molecule has 94 valence electrons. The van der Waals surface area contributed by atoms with Crippen molar-refractivity contribution < 1.29 is 0 Å². The van der Waals surface area contributed by atoms with E-state index in [0.717, 1.165) is 0 Å². The zero-order chi connectivity index (χ0) is 13.4. The largest absolute Gasteiger partial charge is 0.0871 e. The topological polar surface area (TPSA) is 0 Å². The van der Waals surface area contributed by atoms with Gasteiger partial charge in [-0.25, -0.2) is 0 Å². The Labute approximate surface area is 103 Å². The summed E-state index contributed by atoms with van der Waals surface area (Å²) in [5.41, 5.74) is 2.55. The van der Waals surface area contributed by atoms with Gasteiger partial charge in [0.25, 0.3) is 0 Å². The molecule has 0 nitrogen and oxygen atoms in total. The SMILES string of the molecule is CC.CC.C\C=C/C(=C\C)C(/C=C\C)=C/C. The first kappa shape index (κ1) is 20.4. The second kappa shape index (κ2) is 19.5. The van der Waals surface area contributed by atoms with Crippen LogP contribution in [0.15, 0.2) is 47.6 Å². The molecule has 0 N–H and O–H groups in total. The first-order valence-corrected chi connectivity index (χ1v) is 6.38. The van der Waals surface area contributed by atoms with E-state index in [1.165, 1.54) is 11.1 Å². The molecule has 0 amide bonds. The third kappa shape index (κ3) is 11.0. The van der Waals surface area contributed by atoms with Crippen LogP contribution in [-0.2, 0) is 0 Å². The van der Waals surface area contributed by atoms with Crippen molar-refractivity contribution in [3.8, 4) is 0 Å². The maximum atomic E-state index is 2.12. The van der Waals surface area contributed by atoms with Gasteiger partial charge in [0, 0.05) is 0 Å². The van der Waals surface area contributed by atoms with Crippen LogP contribution in [0.1, 0.15) is 55.4 Å². The van der Waals surface area contributed by atoms with E-state index in [1.54, 1.807) is 0 Å². The monoisotopic (exact) mass is 222 g/mol. The molecule has 0 bridgehead atoms. The van der Waals surface area contributed by atoms with Gasteiger partial charge in [0.05, 0.1) is 0 Å². The molecule has 0 rings (SSSR count). The quantitative estimate of drug-likeness (QED) is 0.507. The van der Waals surface area contributed by atoms with Gasteiger partial charge in [-0.1, -0.05) is 64.2 Å².